The number of carboxylic acids is 1. The van der Waals surface area contributed by atoms with Crippen LogP contribution < -0.4 is 0 Å². The second kappa shape index (κ2) is 4.11. The van der Waals surface area contributed by atoms with Crippen molar-refractivity contribution in [1.29, 1.82) is 0 Å². The molecule has 2 rings (SSSR count). The van der Waals surface area contributed by atoms with Gasteiger partial charge in [-0.05, 0) is 12.1 Å². The van der Waals surface area contributed by atoms with Crippen molar-refractivity contribution < 1.29 is 15.0 Å². The first-order valence-electron chi connectivity index (χ1n) is 4.56. The molecule has 0 bridgehead atoms. The molecule has 1 atom stereocenters. The summed E-state index contributed by atoms with van der Waals surface area (Å²) in [5.74, 6) is -1.37. The number of hydrogen-bond acceptors (Lipinski definition) is 4. The Morgan fingerprint density at radius 3 is 2.62 bits per heavy atom. The Bertz CT molecular complexity index is 495. The zero-order chi connectivity index (χ0) is 11.5. The maximum absolute atomic E-state index is 10.7. The Hall–Kier alpha value is -2.21. The first-order chi connectivity index (χ1) is 7.70. The molecule has 0 radical (unpaired) electrons. The van der Waals surface area contributed by atoms with Crippen LogP contribution in [-0.4, -0.2) is 30.9 Å². The fraction of sp³-hybridized carbons (Fsp3) is 0.100. The topological polar surface area (TPSA) is 88.2 Å². The van der Waals surface area contributed by atoms with E-state index in [2.05, 4.69) is 10.1 Å². The molecule has 2 N–H and O–H groups in total. The van der Waals surface area contributed by atoms with Crippen LogP contribution in [0.5, 0.6) is 0 Å². The molecule has 0 fully saturated rings. The Labute approximate surface area is 90.8 Å². The number of aliphatic hydroxyl groups is 1. The molecule has 0 aliphatic carbocycles. The number of aliphatic hydroxyl groups excluding tert-OH is 1. The summed E-state index contributed by atoms with van der Waals surface area (Å²) in [4.78, 5) is 14.4. The van der Waals surface area contributed by atoms with Crippen molar-refractivity contribution >= 4 is 5.97 Å². The highest BCUT2D eigenvalue weighted by atomic mass is 16.4. The summed E-state index contributed by atoms with van der Waals surface area (Å²) in [7, 11) is 0. The van der Waals surface area contributed by atoms with Gasteiger partial charge in [0, 0.05) is 0 Å². The minimum absolute atomic E-state index is 0.0151. The highest BCUT2D eigenvalue weighted by molar-refractivity contribution is 5.73. The van der Waals surface area contributed by atoms with Gasteiger partial charge in [-0.15, -0.1) is 0 Å². The van der Waals surface area contributed by atoms with Gasteiger partial charge in [0.15, 0.2) is 5.82 Å². The number of carbonyl (C=O) groups is 1. The fourth-order valence-corrected chi connectivity index (χ4v) is 1.32. The quantitative estimate of drug-likeness (QED) is 0.779. The van der Waals surface area contributed by atoms with Crippen molar-refractivity contribution in [2.75, 3.05) is 0 Å². The van der Waals surface area contributed by atoms with E-state index in [1.165, 1.54) is 11.0 Å². The molecule has 1 unspecified atom stereocenters. The highest BCUT2D eigenvalue weighted by Crippen LogP contribution is 2.14. The molecule has 6 nitrogen and oxygen atoms in total. The lowest BCUT2D eigenvalue weighted by Crippen LogP contribution is -2.16. The summed E-state index contributed by atoms with van der Waals surface area (Å²) in [6.45, 7) is 0. The second-order valence-electron chi connectivity index (χ2n) is 3.11. The monoisotopic (exact) mass is 219 g/mol. The first kappa shape index (κ1) is 10.3. The third kappa shape index (κ3) is 1.78. The maximum Gasteiger partial charge on any atom is 0.340 e. The van der Waals surface area contributed by atoms with Gasteiger partial charge in [-0.1, -0.05) is 18.2 Å². The van der Waals surface area contributed by atoms with Crippen molar-refractivity contribution in [1.82, 2.24) is 14.8 Å². The number of aromatic nitrogens is 3. The van der Waals surface area contributed by atoms with Gasteiger partial charge in [0.1, 0.15) is 6.33 Å². The molecule has 0 amide bonds. The molecule has 0 spiro atoms. The number of rotatable bonds is 3. The van der Waals surface area contributed by atoms with Crippen molar-refractivity contribution in [3.8, 4) is 5.69 Å². The van der Waals surface area contributed by atoms with Crippen LogP contribution in [0.25, 0.3) is 5.69 Å². The van der Waals surface area contributed by atoms with Crippen LogP contribution in [-0.2, 0) is 4.79 Å². The molecule has 16 heavy (non-hydrogen) atoms. The van der Waals surface area contributed by atoms with E-state index in [1.807, 2.05) is 6.07 Å². The molecule has 2 aromatic rings. The second-order valence-corrected chi connectivity index (χ2v) is 3.11. The third-order valence-electron chi connectivity index (χ3n) is 2.05. The van der Waals surface area contributed by atoms with Gasteiger partial charge in [0.25, 0.3) is 0 Å². The molecule has 82 valence electrons. The minimum Gasteiger partial charge on any atom is -0.479 e. The maximum atomic E-state index is 10.7. The molecule has 1 heterocycles. The van der Waals surface area contributed by atoms with Gasteiger partial charge in [0.2, 0.25) is 6.10 Å². The van der Waals surface area contributed by atoms with Gasteiger partial charge in [0.05, 0.1) is 5.69 Å². The predicted octanol–water partition coefficient (Wildman–Crippen LogP) is 0.385. The van der Waals surface area contributed by atoms with E-state index in [0.717, 1.165) is 0 Å². The van der Waals surface area contributed by atoms with Crippen molar-refractivity contribution in [2.45, 2.75) is 6.10 Å². The Morgan fingerprint density at radius 1 is 1.31 bits per heavy atom. The van der Waals surface area contributed by atoms with Crippen LogP contribution in [0.2, 0.25) is 0 Å². The lowest BCUT2D eigenvalue weighted by molar-refractivity contribution is -0.147. The van der Waals surface area contributed by atoms with E-state index in [4.69, 9.17) is 5.11 Å². The third-order valence-corrected chi connectivity index (χ3v) is 2.05. The molecule has 1 aromatic heterocycles. The van der Waals surface area contributed by atoms with Gasteiger partial charge < -0.3 is 10.2 Å². The van der Waals surface area contributed by atoms with E-state index in [0.29, 0.717) is 5.69 Å². The summed E-state index contributed by atoms with van der Waals surface area (Å²) in [5.41, 5.74) is 0.648. The minimum atomic E-state index is -1.68. The van der Waals surface area contributed by atoms with Crippen LogP contribution in [0.3, 0.4) is 0 Å². The number of hydrogen-bond donors (Lipinski definition) is 2. The number of nitrogens with zero attached hydrogens (tertiary/aromatic N) is 3. The van der Waals surface area contributed by atoms with Crippen LogP contribution >= 0.6 is 0 Å². The normalized spacial score (nSPS) is 12.3. The molecule has 0 aliphatic rings. The van der Waals surface area contributed by atoms with Crippen LogP contribution in [0, 0.1) is 0 Å². The molecular formula is C10H9N3O3. The Balaban J connectivity index is 2.44. The van der Waals surface area contributed by atoms with Crippen molar-refractivity contribution in [2.24, 2.45) is 0 Å². The largest absolute Gasteiger partial charge is 0.479 e. The lowest BCUT2D eigenvalue weighted by atomic mass is 10.3. The average molecular weight is 219 g/mol. The summed E-state index contributed by atoms with van der Waals surface area (Å²) in [5, 5.41) is 22.0. The van der Waals surface area contributed by atoms with Gasteiger partial charge in [-0.3, -0.25) is 0 Å². The molecule has 0 aliphatic heterocycles. The van der Waals surface area contributed by atoms with E-state index in [-0.39, 0.29) is 5.82 Å². The zero-order valence-electron chi connectivity index (χ0n) is 8.19. The first-order valence-corrected chi connectivity index (χ1v) is 4.56. The Morgan fingerprint density at radius 2 is 2.00 bits per heavy atom. The SMILES string of the molecule is O=C(O)C(O)c1ncnn1-c1ccccc1. The number of benzene rings is 1. The van der Waals surface area contributed by atoms with Gasteiger partial charge in [-0.2, -0.15) is 5.10 Å². The number of carboxylic acid groups (broad SMARTS) is 1. The Kier molecular flexibility index (Phi) is 2.65. The number of aliphatic carboxylic acids is 1. The molecule has 1 aromatic carbocycles. The van der Waals surface area contributed by atoms with Gasteiger partial charge >= 0.3 is 5.97 Å². The zero-order valence-corrected chi connectivity index (χ0v) is 8.19. The molecule has 6 heteroatoms. The number of para-hydroxylation sites is 1. The smallest absolute Gasteiger partial charge is 0.340 e. The van der Waals surface area contributed by atoms with Gasteiger partial charge in [-0.25, -0.2) is 14.5 Å². The highest BCUT2D eigenvalue weighted by Gasteiger charge is 2.22. The van der Waals surface area contributed by atoms with E-state index < -0.39 is 12.1 Å². The standard InChI is InChI=1S/C10H9N3O3/c14-8(10(15)16)9-11-6-12-13(9)7-4-2-1-3-5-7/h1-6,8,14H,(H,15,16). The summed E-state index contributed by atoms with van der Waals surface area (Å²) < 4.78 is 1.29. The van der Waals surface area contributed by atoms with Crippen molar-refractivity contribution in [3.05, 3.63) is 42.5 Å². The summed E-state index contributed by atoms with van der Waals surface area (Å²) >= 11 is 0. The molecular weight excluding hydrogens is 210 g/mol. The van der Waals surface area contributed by atoms with E-state index >= 15 is 0 Å². The lowest BCUT2D eigenvalue weighted by Gasteiger charge is -2.07. The fourth-order valence-electron chi connectivity index (χ4n) is 1.32. The van der Waals surface area contributed by atoms with Crippen molar-refractivity contribution in [3.63, 3.8) is 0 Å². The summed E-state index contributed by atoms with van der Waals surface area (Å²) in [6, 6.07) is 8.88. The predicted molar refractivity (Wildman–Crippen MR) is 54.0 cm³/mol. The average Bonchev–Trinajstić information content (AvgIpc) is 2.77. The van der Waals surface area contributed by atoms with E-state index in [1.54, 1.807) is 24.3 Å². The van der Waals surface area contributed by atoms with Crippen LogP contribution in [0.15, 0.2) is 36.7 Å². The van der Waals surface area contributed by atoms with E-state index in [9.17, 15) is 9.90 Å². The summed E-state index contributed by atoms with van der Waals surface area (Å²) in [6.07, 6.45) is -0.475. The molecule has 0 saturated heterocycles. The van der Waals surface area contributed by atoms with Crippen LogP contribution in [0.1, 0.15) is 11.9 Å². The molecule has 0 saturated carbocycles. The van der Waals surface area contributed by atoms with Crippen LogP contribution in [0.4, 0.5) is 0 Å².